The molecule has 1 aromatic rings. The highest BCUT2D eigenvalue weighted by atomic mass is 79.9. The summed E-state index contributed by atoms with van der Waals surface area (Å²) in [6.45, 7) is 1.79. The van der Waals surface area contributed by atoms with Crippen LogP contribution in [-0.4, -0.2) is 30.4 Å². The lowest BCUT2D eigenvalue weighted by atomic mass is 10.2. The van der Waals surface area contributed by atoms with Gasteiger partial charge in [-0.2, -0.15) is 0 Å². The van der Waals surface area contributed by atoms with Gasteiger partial charge in [0.25, 0.3) is 0 Å². The minimum atomic E-state index is -0.571. The average Bonchev–Trinajstić information content (AvgIpc) is 2.55. The molecule has 98 valence electrons. The summed E-state index contributed by atoms with van der Waals surface area (Å²) in [7, 11) is 0. The lowest BCUT2D eigenvalue weighted by Gasteiger charge is -2.19. The number of carbonyl (C=O) groups is 1. The molecule has 1 aliphatic heterocycles. The number of amides is 1. The molecule has 0 radical (unpaired) electrons. The molecule has 1 N–H and O–H groups in total. The highest BCUT2D eigenvalue weighted by molar-refractivity contribution is 9.10. The first-order valence-electron chi connectivity index (χ1n) is 5.69. The molecule has 0 aliphatic carbocycles. The normalized spacial score (nSPS) is 17.4. The Morgan fingerprint density at radius 2 is 2.11 bits per heavy atom. The van der Waals surface area contributed by atoms with Gasteiger partial charge in [-0.3, -0.25) is 9.69 Å². The number of carbonyl (C=O) groups excluding carboxylic acids is 1. The maximum atomic E-state index is 13.8. The van der Waals surface area contributed by atoms with E-state index in [-0.39, 0.29) is 22.5 Å². The van der Waals surface area contributed by atoms with E-state index in [0.717, 1.165) is 0 Å². The van der Waals surface area contributed by atoms with Gasteiger partial charge in [0.2, 0.25) is 5.91 Å². The van der Waals surface area contributed by atoms with Gasteiger partial charge >= 0.3 is 0 Å². The van der Waals surface area contributed by atoms with Gasteiger partial charge < -0.3 is 5.32 Å². The fraction of sp³-hybridized carbons (Fsp3) is 0.417. The quantitative estimate of drug-likeness (QED) is 0.846. The molecular weight excluding hydrogens is 306 g/mol. The van der Waals surface area contributed by atoms with E-state index in [1.807, 2.05) is 4.90 Å². The average molecular weight is 319 g/mol. The van der Waals surface area contributed by atoms with Crippen LogP contribution in [0.15, 0.2) is 16.6 Å². The predicted octanol–water partition coefficient (Wildman–Crippen LogP) is 2.05. The van der Waals surface area contributed by atoms with Gasteiger partial charge in [-0.1, -0.05) is 0 Å². The van der Waals surface area contributed by atoms with Crippen molar-refractivity contribution in [1.82, 2.24) is 10.2 Å². The maximum absolute atomic E-state index is 13.8. The van der Waals surface area contributed by atoms with Crippen molar-refractivity contribution >= 4 is 21.8 Å². The second-order valence-corrected chi connectivity index (χ2v) is 5.05. The number of halogens is 3. The number of nitrogens with zero attached hydrogens (tertiary/aromatic N) is 1. The fourth-order valence-corrected chi connectivity index (χ4v) is 2.28. The van der Waals surface area contributed by atoms with E-state index in [4.69, 9.17) is 0 Å². The fourth-order valence-electron chi connectivity index (χ4n) is 1.91. The smallest absolute Gasteiger partial charge is 0.221 e. The summed E-state index contributed by atoms with van der Waals surface area (Å²) in [4.78, 5) is 13.0. The Labute approximate surface area is 112 Å². The van der Waals surface area contributed by atoms with Crippen molar-refractivity contribution in [2.45, 2.75) is 13.0 Å². The molecule has 18 heavy (non-hydrogen) atoms. The zero-order valence-electron chi connectivity index (χ0n) is 9.68. The van der Waals surface area contributed by atoms with Crippen LogP contribution in [-0.2, 0) is 11.3 Å². The van der Waals surface area contributed by atoms with Crippen LogP contribution in [0.4, 0.5) is 8.78 Å². The lowest BCUT2D eigenvalue weighted by Crippen LogP contribution is -2.29. The molecule has 6 heteroatoms. The van der Waals surface area contributed by atoms with Gasteiger partial charge in [-0.05, 0) is 28.1 Å². The van der Waals surface area contributed by atoms with Crippen LogP contribution >= 0.6 is 15.9 Å². The van der Waals surface area contributed by atoms with Crippen molar-refractivity contribution in [3.63, 3.8) is 0 Å². The summed E-state index contributed by atoms with van der Waals surface area (Å²) in [5.74, 6) is -1.15. The van der Waals surface area contributed by atoms with E-state index >= 15 is 0 Å². The SMILES string of the molecule is O=C1CCN(Cc2c(F)ccc(Br)c2F)CCN1. The molecule has 0 atom stereocenters. The molecule has 0 saturated carbocycles. The summed E-state index contributed by atoms with van der Waals surface area (Å²) in [6, 6.07) is 2.59. The summed E-state index contributed by atoms with van der Waals surface area (Å²) in [5, 5.41) is 2.72. The highest BCUT2D eigenvalue weighted by Gasteiger charge is 2.18. The first-order valence-corrected chi connectivity index (χ1v) is 6.48. The van der Waals surface area contributed by atoms with Crippen LogP contribution in [0.3, 0.4) is 0 Å². The Hall–Kier alpha value is -1.01. The van der Waals surface area contributed by atoms with E-state index in [9.17, 15) is 13.6 Å². The molecule has 0 spiro atoms. The molecule has 3 nitrogen and oxygen atoms in total. The van der Waals surface area contributed by atoms with Crippen LogP contribution < -0.4 is 5.32 Å². The van der Waals surface area contributed by atoms with Gasteiger partial charge in [0.05, 0.1) is 4.47 Å². The van der Waals surface area contributed by atoms with Gasteiger partial charge in [0.1, 0.15) is 11.6 Å². The minimum Gasteiger partial charge on any atom is -0.355 e. The van der Waals surface area contributed by atoms with Crippen LogP contribution in [0.2, 0.25) is 0 Å². The standard InChI is InChI=1S/C12H13BrF2N2O/c13-9-1-2-10(14)8(12(9)15)7-17-5-3-11(18)16-4-6-17/h1-2H,3-7H2,(H,16,18). The van der Waals surface area contributed by atoms with Crippen molar-refractivity contribution in [1.29, 1.82) is 0 Å². The summed E-state index contributed by atoms with van der Waals surface area (Å²) >= 11 is 3.04. The zero-order valence-corrected chi connectivity index (χ0v) is 11.3. The van der Waals surface area contributed by atoms with Gasteiger partial charge in [0.15, 0.2) is 0 Å². The Kier molecular flexibility index (Phi) is 4.29. The third-order valence-electron chi connectivity index (χ3n) is 2.93. The molecule has 1 amide bonds. The molecular formula is C12H13BrF2N2O. The molecule has 1 saturated heterocycles. The van der Waals surface area contributed by atoms with Crippen molar-refractivity contribution in [3.05, 3.63) is 33.8 Å². The molecule has 0 aromatic heterocycles. The molecule has 0 bridgehead atoms. The third kappa shape index (κ3) is 3.05. The van der Waals surface area contributed by atoms with Crippen LogP contribution in [0.5, 0.6) is 0 Å². The van der Waals surface area contributed by atoms with E-state index in [2.05, 4.69) is 21.2 Å². The predicted molar refractivity (Wildman–Crippen MR) is 67.0 cm³/mol. The highest BCUT2D eigenvalue weighted by Crippen LogP contribution is 2.23. The van der Waals surface area contributed by atoms with E-state index in [0.29, 0.717) is 26.1 Å². The van der Waals surface area contributed by atoms with Crippen molar-refractivity contribution in [3.8, 4) is 0 Å². The third-order valence-corrected chi connectivity index (χ3v) is 3.54. The zero-order chi connectivity index (χ0) is 13.1. The first kappa shape index (κ1) is 13.4. The van der Waals surface area contributed by atoms with Crippen molar-refractivity contribution in [2.75, 3.05) is 19.6 Å². The van der Waals surface area contributed by atoms with Crippen molar-refractivity contribution in [2.24, 2.45) is 0 Å². The Morgan fingerprint density at radius 1 is 1.33 bits per heavy atom. The van der Waals surface area contributed by atoms with E-state index < -0.39 is 11.6 Å². The maximum Gasteiger partial charge on any atom is 0.221 e. The molecule has 2 rings (SSSR count). The lowest BCUT2D eigenvalue weighted by molar-refractivity contribution is -0.120. The van der Waals surface area contributed by atoms with Crippen LogP contribution in [0.1, 0.15) is 12.0 Å². The summed E-state index contributed by atoms with van der Waals surface area (Å²) in [6.07, 6.45) is 0.358. The second kappa shape index (κ2) is 5.75. The number of hydrogen-bond donors (Lipinski definition) is 1. The Morgan fingerprint density at radius 3 is 2.89 bits per heavy atom. The second-order valence-electron chi connectivity index (χ2n) is 4.20. The Balaban J connectivity index is 2.13. The molecule has 1 heterocycles. The van der Waals surface area contributed by atoms with Crippen LogP contribution in [0.25, 0.3) is 0 Å². The molecule has 0 unspecified atom stereocenters. The topological polar surface area (TPSA) is 32.3 Å². The molecule has 1 fully saturated rings. The van der Waals surface area contributed by atoms with Crippen LogP contribution in [0, 0.1) is 11.6 Å². The largest absolute Gasteiger partial charge is 0.355 e. The Bertz CT molecular complexity index is 468. The number of hydrogen-bond acceptors (Lipinski definition) is 2. The van der Waals surface area contributed by atoms with E-state index in [1.54, 1.807) is 0 Å². The summed E-state index contributed by atoms with van der Waals surface area (Å²) < 4.78 is 27.6. The molecule has 1 aliphatic rings. The van der Waals surface area contributed by atoms with Gasteiger partial charge in [-0.15, -0.1) is 0 Å². The van der Waals surface area contributed by atoms with Gasteiger partial charge in [0, 0.05) is 38.2 Å². The minimum absolute atomic E-state index is 0.0207. The number of nitrogens with one attached hydrogen (secondary N) is 1. The van der Waals surface area contributed by atoms with Crippen molar-refractivity contribution < 1.29 is 13.6 Å². The number of rotatable bonds is 2. The van der Waals surface area contributed by atoms with E-state index in [1.165, 1.54) is 12.1 Å². The van der Waals surface area contributed by atoms with Gasteiger partial charge in [-0.25, -0.2) is 8.78 Å². The molecule has 1 aromatic carbocycles. The first-order chi connectivity index (χ1) is 8.58. The monoisotopic (exact) mass is 318 g/mol. The summed E-state index contributed by atoms with van der Waals surface area (Å²) in [5.41, 5.74) is 0.0405. The number of benzene rings is 1.